The van der Waals surface area contributed by atoms with Gasteiger partial charge in [0.25, 0.3) is 15.9 Å². The number of nitrogens with zero attached hydrogens (tertiary/aromatic N) is 1. The molecule has 0 bridgehead atoms. The van der Waals surface area contributed by atoms with Gasteiger partial charge in [0.1, 0.15) is 0 Å². The number of hydrogen-bond acceptors (Lipinski definition) is 4. The molecule has 3 N–H and O–H groups in total. The number of carbonyl (C=O) groups is 1. The van der Waals surface area contributed by atoms with Crippen molar-refractivity contribution < 1.29 is 13.2 Å². The van der Waals surface area contributed by atoms with Crippen LogP contribution in [0.3, 0.4) is 0 Å². The standard InChI is InChI=1S/C19H20N4O3S/c24-19(21-14-8-2-3-9-14)18-16(12-20-22-18)23-27(25,26)17-11-5-7-13-6-1-4-10-15(13)17/h1,4-7,10-12,14,23H,2-3,8-9H2,(H,20,22)(H,21,24). The SMILES string of the molecule is O=C(NC1CCCC1)c1n[nH]cc1NS(=O)(=O)c1cccc2ccccc12. The maximum absolute atomic E-state index is 12.9. The number of aromatic nitrogens is 2. The third-order valence-corrected chi connectivity index (χ3v) is 6.25. The summed E-state index contributed by atoms with van der Waals surface area (Å²) in [7, 11) is -3.88. The fourth-order valence-electron chi connectivity index (χ4n) is 3.49. The second-order valence-electron chi connectivity index (χ2n) is 6.69. The van der Waals surface area contributed by atoms with Crippen molar-refractivity contribution in [1.29, 1.82) is 0 Å². The highest BCUT2D eigenvalue weighted by Gasteiger charge is 2.25. The zero-order chi connectivity index (χ0) is 18.9. The molecule has 2 aromatic carbocycles. The normalized spacial score (nSPS) is 15.1. The average Bonchev–Trinajstić information content (AvgIpc) is 3.32. The Balaban J connectivity index is 1.62. The van der Waals surface area contributed by atoms with E-state index < -0.39 is 10.0 Å². The van der Waals surface area contributed by atoms with Crippen LogP contribution in [0.15, 0.2) is 53.6 Å². The van der Waals surface area contributed by atoms with Crippen molar-refractivity contribution in [3.63, 3.8) is 0 Å². The number of aromatic amines is 1. The van der Waals surface area contributed by atoms with Crippen LogP contribution in [0.25, 0.3) is 10.8 Å². The van der Waals surface area contributed by atoms with Crippen molar-refractivity contribution in [3.05, 3.63) is 54.4 Å². The lowest BCUT2D eigenvalue weighted by Crippen LogP contribution is -2.33. The third kappa shape index (κ3) is 3.52. The summed E-state index contributed by atoms with van der Waals surface area (Å²) in [5, 5.41) is 10.9. The number of rotatable bonds is 5. The van der Waals surface area contributed by atoms with Gasteiger partial charge in [-0.05, 0) is 24.3 Å². The molecule has 1 heterocycles. The summed E-state index contributed by atoms with van der Waals surface area (Å²) in [5.74, 6) is -0.376. The van der Waals surface area contributed by atoms with Gasteiger partial charge in [-0.25, -0.2) is 8.42 Å². The fourth-order valence-corrected chi connectivity index (χ4v) is 4.78. The van der Waals surface area contributed by atoms with Gasteiger partial charge in [-0.1, -0.05) is 49.2 Å². The zero-order valence-electron chi connectivity index (χ0n) is 14.6. The molecule has 0 aliphatic heterocycles. The molecule has 3 aromatic rings. The maximum atomic E-state index is 12.9. The Kier molecular flexibility index (Phi) is 4.57. The van der Waals surface area contributed by atoms with Crippen LogP contribution in [0.5, 0.6) is 0 Å². The minimum atomic E-state index is -3.88. The summed E-state index contributed by atoms with van der Waals surface area (Å²) in [6, 6.07) is 12.5. The van der Waals surface area contributed by atoms with Gasteiger partial charge in [0, 0.05) is 17.6 Å². The van der Waals surface area contributed by atoms with E-state index >= 15 is 0 Å². The van der Waals surface area contributed by atoms with Crippen LogP contribution in [0, 0.1) is 0 Å². The van der Waals surface area contributed by atoms with E-state index in [2.05, 4.69) is 20.2 Å². The Morgan fingerprint density at radius 2 is 1.81 bits per heavy atom. The van der Waals surface area contributed by atoms with E-state index in [1.807, 2.05) is 18.2 Å². The first kappa shape index (κ1) is 17.5. The Bertz CT molecular complexity index is 1080. The van der Waals surface area contributed by atoms with Crippen LogP contribution in [0.2, 0.25) is 0 Å². The molecule has 7 nitrogen and oxygen atoms in total. The number of nitrogens with one attached hydrogen (secondary N) is 3. The lowest BCUT2D eigenvalue weighted by atomic mass is 10.1. The Hall–Kier alpha value is -2.87. The van der Waals surface area contributed by atoms with Gasteiger partial charge in [-0.2, -0.15) is 5.10 Å². The highest BCUT2D eigenvalue weighted by molar-refractivity contribution is 7.93. The number of anilines is 1. The highest BCUT2D eigenvalue weighted by atomic mass is 32.2. The van der Waals surface area contributed by atoms with E-state index in [4.69, 9.17) is 0 Å². The number of amides is 1. The summed E-state index contributed by atoms with van der Waals surface area (Å²) >= 11 is 0. The molecule has 1 fully saturated rings. The number of H-pyrrole nitrogens is 1. The van der Waals surface area contributed by atoms with Crippen LogP contribution in [0.4, 0.5) is 5.69 Å². The van der Waals surface area contributed by atoms with E-state index in [9.17, 15) is 13.2 Å². The zero-order valence-corrected chi connectivity index (χ0v) is 15.4. The van der Waals surface area contributed by atoms with Crippen LogP contribution < -0.4 is 10.0 Å². The summed E-state index contributed by atoms with van der Waals surface area (Å²) in [6.45, 7) is 0. The van der Waals surface area contributed by atoms with Gasteiger partial charge in [-0.15, -0.1) is 0 Å². The van der Waals surface area contributed by atoms with E-state index in [1.54, 1.807) is 24.3 Å². The van der Waals surface area contributed by atoms with Gasteiger partial charge < -0.3 is 5.32 Å². The highest BCUT2D eigenvalue weighted by Crippen LogP contribution is 2.26. The molecule has 0 saturated heterocycles. The molecule has 0 spiro atoms. The smallest absolute Gasteiger partial charge is 0.274 e. The molecule has 0 radical (unpaired) electrons. The molecule has 4 rings (SSSR count). The van der Waals surface area contributed by atoms with Gasteiger partial charge in [-0.3, -0.25) is 14.6 Å². The minimum Gasteiger partial charge on any atom is -0.348 e. The van der Waals surface area contributed by atoms with Crippen molar-refractivity contribution in [3.8, 4) is 0 Å². The third-order valence-electron chi connectivity index (χ3n) is 4.83. The number of sulfonamides is 1. The van der Waals surface area contributed by atoms with E-state index in [1.165, 1.54) is 6.20 Å². The van der Waals surface area contributed by atoms with Crippen LogP contribution in [-0.2, 0) is 10.0 Å². The topological polar surface area (TPSA) is 104 Å². The number of benzene rings is 2. The van der Waals surface area contributed by atoms with E-state index in [0.29, 0.717) is 5.39 Å². The van der Waals surface area contributed by atoms with Gasteiger partial charge in [0.2, 0.25) is 0 Å². The van der Waals surface area contributed by atoms with E-state index in [0.717, 1.165) is 31.1 Å². The predicted molar refractivity (Wildman–Crippen MR) is 103 cm³/mol. The number of hydrogen-bond donors (Lipinski definition) is 3. The number of fused-ring (bicyclic) bond motifs is 1. The Morgan fingerprint density at radius 1 is 1.07 bits per heavy atom. The average molecular weight is 384 g/mol. The summed E-state index contributed by atoms with van der Waals surface area (Å²) in [5.41, 5.74) is 0.184. The van der Waals surface area contributed by atoms with Crippen LogP contribution >= 0.6 is 0 Å². The van der Waals surface area contributed by atoms with Crippen molar-refractivity contribution in [1.82, 2.24) is 15.5 Å². The second kappa shape index (κ2) is 7.03. The largest absolute Gasteiger partial charge is 0.348 e. The van der Waals surface area contributed by atoms with Crippen molar-refractivity contribution in [2.45, 2.75) is 36.6 Å². The summed E-state index contributed by atoms with van der Waals surface area (Å²) in [4.78, 5) is 12.6. The van der Waals surface area contributed by atoms with Crippen molar-refractivity contribution >= 4 is 32.4 Å². The first-order chi connectivity index (χ1) is 13.0. The molecule has 0 unspecified atom stereocenters. The molecule has 1 amide bonds. The summed E-state index contributed by atoms with van der Waals surface area (Å²) < 4.78 is 28.4. The monoisotopic (exact) mass is 384 g/mol. The molecular weight excluding hydrogens is 364 g/mol. The first-order valence-electron chi connectivity index (χ1n) is 8.90. The molecule has 1 aliphatic rings. The second-order valence-corrected chi connectivity index (χ2v) is 8.34. The first-order valence-corrected chi connectivity index (χ1v) is 10.4. The maximum Gasteiger partial charge on any atom is 0.274 e. The molecule has 140 valence electrons. The molecule has 8 heteroatoms. The van der Waals surface area contributed by atoms with Gasteiger partial charge in [0.15, 0.2) is 5.69 Å². The molecule has 27 heavy (non-hydrogen) atoms. The molecule has 1 aromatic heterocycles. The van der Waals surface area contributed by atoms with Crippen molar-refractivity contribution in [2.24, 2.45) is 0 Å². The van der Waals surface area contributed by atoms with Crippen molar-refractivity contribution in [2.75, 3.05) is 4.72 Å². The predicted octanol–water partition coefficient (Wildman–Crippen LogP) is 3.04. The fraction of sp³-hybridized carbons (Fsp3) is 0.263. The lowest BCUT2D eigenvalue weighted by molar-refractivity contribution is 0.0933. The van der Waals surface area contributed by atoms with Crippen LogP contribution in [0.1, 0.15) is 36.2 Å². The quantitative estimate of drug-likeness (QED) is 0.629. The molecule has 1 saturated carbocycles. The minimum absolute atomic E-state index is 0.0470. The van der Waals surface area contributed by atoms with Gasteiger partial charge in [0.05, 0.1) is 10.6 Å². The van der Waals surface area contributed by atoms with E-state index in [-0.39, 0.29) is 28.2 Å². The number of carbonyl (C=O) groups excluding carboxylic acids is 1. The van der Waals surface area contributed by atoms with Crippen LogP contribution in [-0.4, -0.2) is 30.6 Å². The molecule has 0 atom stereocenters. The molecular formula is C19H20N4O3S. The Labute approximate surface area is 157 Å². The Morgan fingerprint density at radius 3 is 2.63 bits per heavy atom. The summed E-state index contributed by atoms with van der Waals surface area (Å²) in [6.07, 6.45) is 5.44. The lowest BCUT2D eigenvalue weighted by Gasteiger charge is -2.13. The van der Waals surface area contributed by atoms with Gasteiger partial charge >= 0.3 is 0 Å². The molecule has 1 aliphatic carbocycles.